The fraction of sp³-hybridized carbons (Fsp3) is 0.105. The molecule has 7 heteroatoms. The van der Waals surface area contributed by atoms with E-state index in [-0.39, 0.29) is 5.69 Å². The largest absolute Gasteiger partial charge is 0.494 e. The Morgan fingerprint density at radius 1 is 1.12 bits per heavy atom. The van der Waals surface area contributed by atoms with E-state index in [4.69, 9.17) is 4.74 Å². The monoisotopic (exact) mass is 347 g/mol. The van der Waals surface area contributed by atoms with Crippen LogP contribution in [0.5, 0.6) is 5.75 Å². The van der Waals surface area contributed by atoms with Crippen LogP contribution in [0.3, 0.4) is 0 Å². The molecule has 0 saturated carbocycles. The van der Waals surface area contributed by atoms with E-state index in [9.17, 15) is 4.79 Å². The van der Waals surface area contributed by atoms with Gasteiger partial charge in [0, 0.05) is 18.0 Å². The van der Waals surface area contributed by atoms with Crippen molar-refractivity contribution in [3.63, 3.8) is 0 Å². The summed E-state index contributed by atoms with van der Waals surface area (Å²) in [6.07, 6.45) is 7.83. The van der Waals surface area contributed by atoms with Crippen LogP contribution in [0, 0.1) is 0 Å². The first kappa shape index (κ1) is 17.2. The van der Waals surface area contributed by atoms with Crippen molar-refractivity contribution in [3.05, 3.63) is 72.4 Å². The Morgan fingerprint density at radius 2 is 1.88 bits per heavy atom. The van der Waals surface area contributed by atoms with Crippen LogP contribution < -0.4 is 10.2 Å². The third-order valence-corrected chi connectivity index (χ3v) is 3.41. The molecule has 2 heterocycles. The van der Waals surface area contributed by atoms with Gasteiger partial charge in [-0.15, -0.1) is 0 Å². The highest BCUT2D eigenvalue weighted by Gasteiger charge is 2.09. The van der Waals surface area contributed by atoms with Crippen LogP contribution in [-0.4, -0.2) is 33.7 Å². The highest BCUT2D eigenvalue weighted by molar-refractivity contribution is 5.93. The van der Waals surface area contributed by atoms with Gasteiger partial charge in [0.05, 0.1) is 30.9 Å². The molecule has 0 bridgehead atoms. The van der Waals surface area contributed by atoms with Crippen LogP contribution in [0.4, 0.5) is 0 Å². The van der Waals surface area contributed by atoms with Gasteiger partial charge >= 0.3 is 0 Å². The van der Waals surface area contributed by atoms with Gasteiger partial charge in [0.2, 0.25) is 0 Å². The maximum atomic E-state index is 12.2. The first-order valence-corrected chi connectivity index (χ1v) is 8.05. The molecule has 0 aliphatic heterocycles. The van der Waals surface area contributed by atoms with Crippen LogP contribution >= 0.6 is 0 Å². The fourth-order valence-electron chi connectivity index (χ4n) is 2.18. The molecule has 0 aliphatic rings. The maximum absolute atomic E-state index is 12.2. The molecule has 26 heavy (non-hydrogen) atoms. The lowest BCUT2D eigenvalue weighted by atomic mass is 10.1. The third-order valence-electron chi connectivity index (χ3n) is 3.41. The predicted molar refractivity (Wildman–Crippen MR) is 97.9 cm³/mol. The normalized spacial score (nSPS) is 10.7. The van der Waals surface area contributed by atoms with Gasteiger partial charge in [-0.3, -0.25) is 14.8 Å². The molecule has 0 saturated heterocycles. The van der Waals surface area contributed by atoms with Gasteiger partial charge in [0.25, 0.3) is 5.91 Å². The van der Waals surface area contributed by atoms with E-state index in [2.05, 4.69) is 25.5 Å². The molecular weight excluding hydrogens is 330 g/mol. The molecule has 0 atom stereocenters. The number of ether oxygens (including phenoxy) is 1. The number of hydrogen-bond donors (Lipinski definition) is 1. The number of hydrazone groups is 1. The Bertz CT molecular complexity index is 895. The summed E-state index contributed by atoms with van der Waals surface area (Å²) in [5.74, 6) is 0.346. The van der Waals surface area contributed by atoms with Crippen LogP contribution in [0.2, 0.25) is 0 Å². The van der Waals surface area contributed by atoms with Crippen molar-refractivity contribution in [1.29, 1.82) is 0 Å². The van der Waals surface area contributed by atoms with Crippen molar-refractivity contribution in [2.45, 2.75) is 6.92 Å². The number of aromatic nitrogens is 3. The summed E-state index contributed by atoms with van der Waals surface area (Å²) in [7, 11) is 0. The van der Waals surface area contributed by atoms with Crippen LogP contribution in [0.15, 0.2) is 66.3 Å². The standard InChI is InChI=1S/C19H17N5O2/c1-2-26-16-5-3-15(4-6-16)17-12-21-13-18(23-17)19(25)24-22-11-14-7-9-20-10-8-14/h3-13H,2H2,1H3,(H,24,25)/b22-11+. The Hall–Kier alpha value is -3.61. The Morgan fingerprint density at radius 3 is 2.62 bits per heavy atom. The summed E-state index contributed by atoms with van der Waals surface area (Å²) < 4.78 is 5.42. The molecular formula is C19H17N5O2. The van der Waals surface area contributed by atoms with Crippen molar-refractivity contribution in [2.24, 2.45) is 5.10 Å². The van der Waals surface area contributed by atoms with Gasteiger partial charge in [0.15, 0.2) is 0 Å². The zero-order valence-electron chi connectivity index (χ0n) is 14.2. The summed E-state index contributed by atoms with van der Waals surface area (Å²) in [5.41, 5.74) is 4.89. The molecule has 7 nitrogen and oxygen atoms in total. The second kappa shape index (κ2) is 8.48. The van der Waals surface area contributed by atoms with Crippen molar-refractivity contribution in [1.82, 2.24) is 20.4 Å². The number of pyridine rings is 1. The summed E-state index contributed by atoms with van der Waals surface area (Å²) in [4.78, 5) is 24.6. The minimum atomic E-state index is -0.435. The quantitative estimate of drug-likeness (QED) is 0.547. The molecule has 0 aliphatic carbocycles. The summed E-state index contributed by atoms with van der Waals surface area (Å²) >= 11 is 0. The first-order valence-electron chi connectivity index (χ1n) is 8.05. The number of rotatable bonds is 6. The highest BCUT2D eigenvalue weighted by Crippen LogP contribution is 2.20. The topological polar surface area (TPSA) is 89.4 Å². The van der Waals surface area contributed by atoms with Gasteiger partial charge in [-0.25, -0.2) is 10.4 Å². The second-order valence-corrected chi connectivity index (χ2v) is 5.23. The van der Waals surface area contributed by atoms with E-state index in [0.29, 0.717) is 12.3 Å². The van der Waals surface area contributed by atoms with Gasteiger partial charge in [-0.2, -0.15) is 5.10 Å². The number of nitrogens with one attached hydrogen (secondary N) is 1. The lowest BCUT2D eigenvalue weighted by molar-refractivity contribution is 0.0950. The van der Waals surface area contributed by atoms with E-state index in [1.165, 1.54) is 12.4 Å². The average Bonchev–Trinajstić information content (AvgIpc) is 2.70. The van der Waals surface area contributed by atoms with Crippen molar-refractivity contribution < 1.29 is 9.53 Å². The number of nitrogens with zero attached hydrogens (tertiary/aromatic N) is 4. The summed E-state index contributed by atoms with van der Waals surface area (Å²) in [6.45, 7) is 2.54. The number of amides is 1. The van der Waals surface area contributed by atoms with Gasteiger partial charge in [0.1, 0.15) is 11.4 Å². The zero-order chi connectivity index (χ0) is 18.2. The minimum absolute atomic E-state index is 0.184. The molecule has 1 aromatic carbocycles. The number of hydrogen-bond acceptors (Lipinski definition) is 6. The second-order valence-electron chi connectivity index (χ2n) is 5.23. The average molecular weight is 347 g/mol. The van der Waals surface area contributed by atoms with E-state index >= 15 is 0 Å². The number of carbonyl (C=O) groups is 1. The lowest BCUT2D eigenvalue weighted by Gasteiger charge is -2.05. The molecule has 2 aromatic heterocycles. The first-order chi connectivity index (χ1) is 12.8. The number of carbonyl (C=O) groups excluding carboxylic acids is 1. The van der Waals surface area contributed by atoms with Crippen molar-refractivity contribution in [3.8, 4) is 17.0 Å². The van der Waals surface area contributed by atoms with Gasteiger partial charge < -0.3 is 4.74 Å². The van der Waals surface area contributed by atoms with E-state index in [1.807, 2.05) is 31.2 Å². The molecule has 0 radical (unpaired) electrons. The summed E-state index contributed by atoms with van der Waals surface area (Å²) in [6, 6.07) is 11.0. The Balaban J connectivity index is 1.70. The van der Waals surface area contributed by atoms with E-state index in [0.717, 1.165) is 16.9 Å². The Kier molecular flexibility index (Phi) is 5.61. The summed E-state index contributed by atoms with van der Waals surface area (Å²) in [5, 5.41) is 3.92. The lowest BCUT2D eigenvalue weighted by Crippen LogP contribution is -2.19. The van der Waals surface area contributed by atoms with Crippen molar-refractivity contribution in [2.75, 3.05) is 6.61 Å². The zero-order valence-corrected chi connectivity index (χ0v) is 14.2. The fourth-order valence-corrected chi connectivity index (χ4v) is 2.18. The molecule has 0 fully saturated rings. The molecule has 0 spiro atoms. The van der Waals surface area contributed by atoms with E-state index < -0.39 is 5.91 Å². The molecule has 0 unspecified atom stereocenters. The van der Waals surface area contributed by atoms with E-state index in [1.54, 1.807) is 30.7 Å². The molecule has 1 amide bonds. The smallest absolute Gasteiger partial charge is 0.291 e. The van der Waals surface area contributed by atoms with Crippen LogP contribution in [0.1, 0.15) is 23.0 Å². The minimum Gasteiger partial charge on any atom is -0.494 e. The molecule has 1 N–H and O–H groups in total. The molecule has 3 aromatic rings. The SMILES string of the molecule is CCOc1ccc(-c2cncc(C(=O)N/N=C/c3ccncc3)n2)cc1. The number of benzene rings is 1. The molecule has 130 valence electrons. The third kappa shape index (κ3) is 4.47. The van der Waals surface area contributed by atoms with Crippen LogP contribution in [-0.2, 0) is 0 Å². The predicted octanol–water partition coefficient (Wildman–Crippen LogP) is 2.70. The molecule has 3 rings (SSSR count). The highest BCUT2D eigenvalue weighted by atomic mass is 16.5. The Labute approximate surface area is 150 Å². The van der Waals surface area contributed by atoms with Crippen molar-refractivity contribution >= 4 is 12.1 Å². The van der Waals surface area contributed by atoms with Gasteiger partial charge in [-0.05, 0) is 48.9 Å². The van der Waals surface area contributed by atoms with Crippen LogP contribution in [0.25, 0.3) is 11.3 Å². The maximum Gasteiger partial charge on any atom is 0.291 e. The van der Waals surface area contributed by atoms with Gasteiger partial charge in [-0.1, -0.05) is 0 Å².